The molecule has 144 valence electrons. The lowest BCUT2D eigenvalue weighted by Gasteiger charge is -2.34. The van der Waals surface area contributed by atoms with Crippen LogP contribution in [-0.4, -0.2) is 43.1 Å². The van der Waals surface area contributed by atoms with Crippen LogP contribution in [0.25, 0.3) is 5.69 Å². The van der Waals surface area contributed by atoms with Crippen LogP contribution in [0.2, 0.25) is 0 Å². The largest absolute Gasteiger partial charge is 0.325 e. The van der Waals surface area contributed by atoms with Crippen molar-refractivity contribution >= 4 is 11.6 Å². The molecule has 1 fully saturated rings. The lowest BCUT2D eigenvalue weighted by molar-refractivity contribution is -0.122. The molecule has 4 rings (SSSR count). The summed E-state index contributed by atoms with van der Waals surface area (Å²) in [7, 11) is 0. The summed E-state index contributed by atoms with van der Waals surface area (Å²) in [5.41, 5.74) is 2.79. The second-order valence-corrected chi connectivity index (χ2v) is 7.11. The zero-order valence-corrected chi connectivity index (χ0v) is 16.0. The lowest BCUT2D eigenvalue weighted by atomic mass is 10.0. The Balaban J connectivity index is 1.42. The lowest BCUT2D eigenvalue weighted by Crippen LogP contribution is -2.46. The molecule has 1 unspecified atom stereocenters. The number of aromatic nitrogens is 4. The number of nitrogens with zero attached hydrogens (tertiary/aromatic N) is 5. The van der Waals surface area contributed by atoms with Crippen molar-refractivity contribution in [2.75, 3.05) is 11.9 Å². The first-order chi connectivity index (χ1) is 13.7. The first-order valence-electron chi connectivity index (χ1n) is 9.61. The monoisotopic (exact) mass is 376 g/mol. The van der Waals surface area contributed by atoms with Crippen LogP contribution < -0.4 is 5.32 Å². The Hall–Kier alpha value is -3.06. The zero-order valence-electron chi connectivity index (χ0n) is 16.0. The third kappa shape index (κ3) is 4.26. The number of hydrogen-bond donors (Lipinski definition) is 1. The quantitative estimate of drug-likeness (QED) is 0.741. The van der Waals surface area contributed by atoms with Crippen LogP contribution in [-0.2, 0) is 11.3 Å². The second-order valence-electron chi connectivity index (χ2n) is 7.11. The zero-order chi connectivity index (χ0) is 19.3. The van der Waals surface area contributed by atoms with E-state index in [-0.39, 0.29) is 11.9 Å². The van der Waals surface area contributed by atoms with Crippen LogP contribution in [0.5, 0.6) is 0 Å². The van der Waals surface area contributed by atoms with Crippen molar-refractivity contribution in [3.8, 4) is 5.69 Å². The second kappa shape index (κ2) is 8.31. The Morgan fingerprint density at radius 1 is 1.18 bits per heavy atom. The van der Waals surface area contributed by atoms with Gasteiger partial charge in [0.1, 0.15) is 5.82 Å². The van der Waals surface area contributed by atoms with Gasteiger partial charge in [-0.15, -0.1) is 0 Å². The topological polar surface area (TPSA) is 75.9 Å². The van der Waals surface area contributed by atoms with Crippen molar-refractivity contribution < 1.29 is 4.79 Å². The van der Waals surface area contributed by atoms with Crippen molar-refractivity contribution in [1.29, 1.82) is 0 Å². The summed E-state index contributed by atoms with van der Waals surface area (Å²) in [6.07, 6.45) is 10.4. The van der Waals surface area contributed by atoms with E-state index in [0.717, 1.165) is 48.6 Å². The van der Waals surface area contributed by atoms with Crippen molar-refractivity contribution in [2.45, 2.75) is 38.8 Å². The number of anilines is 1. The van der Waals surface area contributed by atoms with Gasteiger partial charge in [0.05, 0.1) is 11.7 Å². The van der Waals surface area contributed by atoms with Gasteiger partial charge in [-0.2, -0.15) is 5.10 Å². The molecular formula is C21H24N6O. The Kier molecular flexibility index (Phi) is 5.43. The molecular weight excluding hydrogens is 352 g/mol. The SMILES string of the molecule is Cc1ncc(CN2CCCCC2C(=O)Nc2ccc(-n3cccn3)cc2)cn1. The molecule has 0 spiro atoms. The molecule has 1 aliphatic rings. The number of hydrogen-bond acceptors (Lipinski definition) is 5. The Labute approximate surface area is 164 Å². The van der Waals surface area contributed by atoms with E-state index in [1.807, 2.05) is 55.8 Å². The number of benzene rings is 1. The normalized spacial score (nSPS) is 17.4. The summed E-state index contributed by atoms with van der Waals surface area (Å²) in [6.45, 7) is 3.47. The van der Waals surface area contributed by atoms with Crippen LogP contribution in [0.15, 0.2) is 55.1 Å². The third-order valence-electron chi connectivity index (χ3n) is 5.04. The molecule has 3 heterocycles. The van der Waals surface area contributed by atoms with Gasteiger partial charge >= 0.3 is 0 Å². The summed E-state index contributed by atoms with van der Waals surface area (Å²) in [5.74, 6) is 0.801. The maximum atomic E-state index is 12.9. The van der Waals surface area contributed by atoms with E-state index in [4.69, 9.17) is 0 Å². The van der Waals surface area contributed by atoms with E-state index in [1.54, 1.807) is 10.9 Å². The minimum absolute atomic E-state index is 0.0413. The number of amides is 1. The van der Waals surface area contributed by atoms with Crippen molar-refractivity contribution in [1.82, 2.24) is 24.6 Å². The molecule has 0 aliphatic carbocycles. The van der Waals surface area contributed by atoms with Crippen molar-refractivity contribution in [3.63, 3.8) is 0 Å². The summed E-state index contributed by atoms with van der Waals surface area (Å²) in [5, 5.41) is 7.29. The number of nitrogens with one attached hydrogen (secondary N) is 1. The third-order valence-corrected chi connectivity index (χ3v) is 5.04. The minimum atomic E-state index is -0.138. The number of piperidine rings is 1. The van der Waals surface area contributed by atoms with E-state index in [9.17, 15) is 4.79 Å². The molecule has 1 aliphatic heterocycles. The number of aryl methyl sites for hydroxylation is 1. The molecule has 1 N–H and O–H groups in total. The van der Waals surface area contributed by atoms with Crippen LogP contribution in [0.4, 0.5) is 5.69 Å². The van der Waals surface area contributed by atoms with Gasteiger partial charge < -0.3 is 5.32 Å². The molecule has 3 aromatic rings. The first kappa shape index (κ1) is 18.3. The average Bonchev–Trinajstić information content (AvgIpc) is 3.25. The first-order valence-corrected chi connectivity index (χ1v) is 9.61. The highest BCUT2D eigenvalue weighted by Crippen LogP contribution is 2.21. The molecule has 7 heteroatoms. The van der Waals surface area contributed by atoms with Gasteiger partial charge in [0.15, 0.2) is 0 Å². The number of carbonyl (C=O) groups is 1. The van der Waals surface area contributed by atoms with Gasteiger partial charge in [0.2, 0.25) is 5.91 Å². The smallest absolute Gasteiger partial charge is 0.241 e. The van der Waals surface area contributed by atoms with Gasteiger partial charge in [-0.1, -0.05) is 6.42 Å². The number of likely N-dealkylation sites (tertiary alicyclic amines) is 1. The van der Waals surface area contributed by atoms with Crippen molar-refractivity contribution in [3.05, 3.63) is 66.5 Å². The average molecular weight is 376 g/mol. The van der Waals surface area contributed by atoms with Gasteiger partial charge in [0, 0.05) is 42.6 Å². The molecule has 1 atom stereocenters. The van der Waals surface area contributed by atoms with Crippen LogP contribution in [0.3, 0.4) is 0 Å². The molecule has 1 aromatic carbocycles. The Morgan fingerprint density at radius 2 is 1.96 bits per heavy atom. The molecule has 1 amide bonds. The standard InChI is InChI=1S/C21H24N6O/c1-16-22-13-17(14-23-16)15-26-11-3-2-5-20(26)21(28)25-18-6-8-19(9-7-18)27-12-4-10-24-27/h4,6-10,12-14,20H,2-3,5,11,15H2,1H3,(H,25,28). The van der Waals surface area contributed by atoms with Crippen LogP contribution in [0, 0.1) is 6.92 Å². The van der Waals surface area contributed by atoms with Gasteiger partial charge in [-0.25, -0.2) is 14.6 Å². The fraction of sp³-hybridized carbons (Fsp3) is 0.333. The summed E-state index contributed by atoms with van der Waals surface area (Å²) < 4.78 is 1.79. The van der Waals surface area contributed by atoms with Gasteiger partial charge in [0.25, 0.3) is 0 Å². The van der Waals surface area contributed by atoms with E-state index in [2.05, 4.69) is 25.3 Å². The summed E-state index contributed by atoms with van der Waals surface area (Å²) in [4.78, 5) is 23.7. The summed E-state index contributed by atoms with van der Waals surface area (Å²) in [6, 6.07) is 9.47. The van der Waals surface area contributed by atoms with Crippen LogP contribution >= 0.6 is 0 Å². The maximum Gasteiger partial charge on any atom is 0.241 e. The fourth-order valence-electron chi connectivity index (χ4n) is 3.56. The molecule has 1 saturated heterocycles. The fourth-order valence-corrected chi connectivity index (χ4v) is 3.56. The highest BCUT2D eigenvalue weighted by atomic mass is 16.2. The number of rotatable bonds is 5. The van der Waals surface area contributed by atoms with E-state index in [1.165, 1.54) is 0 Å². The Morgan fingerprint density at radius 3 is 2.68 bits per heavy atom. The molecule has 7 nitrogen and oxygen atoms in total. The van der Waals surface area contributed by atoms with Gasteiger partial charge in [-0.3, -0.25) is 9.69 Å². The summed E-state index contributed by atoms with van der Waals surface area (Å²) >= 11 is 0. The minimum Gasteiger partial charge on any atom is -0.325 e. The van der Waals surface area contributed by atoms with E-state index < -0.39 is 0 Å². The van der Waals surface area contributed by atoms with Crippen LogP contribution in [0.1, 0.15) is 30.7 Å². The maximum absolute atomic E-state index is 12.9. The van der Waals surface area contributed by atoms with E-state index in [0.29, 0.717) is 6.54 Å². The van der Waals surface area contributed by atoms with Crippen molar-refractivity contribution in [2.24, 2.45) is 0 Å². The molecule has 28 heavy (non-hydrogen) atoms. The molecule has 0 saturated carbocycles. The Bertz CT molecular complexity index is 905. The predicted octanol–water partition coefficient (Wildman–Crippen LogP) is 2.96. The molecule has 2 aromatic heterocycles. The molecule has 0 bridgehead atoms. The highest BCUT2D eigenvalue weighted by Gasteiger charge is 2.28. The highest BCUT2D eigenvalue weighted by molar-refractivity contribution is 5.95. The van der Waals surface area contributed by atoms with E-state index >= 15 is 0 Å². The van der Waals surface area contributed by atoms with Gasteiger partial charge in [-0.05, 0) is 56.6 Å². The number of carbonyl (C=O) groups excluding carboxylic acids is 1. The molecule has 0 radical (unpaired) electrons. The predicted molar refractivity (Wildman–Crippen MR) is 107 cm³/mol.